The van der Waals surface area contributed by atoms with Crippen molar-refractivity contribution in [2.45, 2.75) is 32.1 Å². The van der Waals surface area contributed by atoms with Crippen LogP contribution in [0.1, 0.15) is 32.3 Å². The fourth-order valence-corrected chi connectivity index (χ4v) is 4.51. The number of hydrogen-bond acceptors (Lipinski definition) is 3. The quantitative estimate of drug-likeness (QED) is 0.592. The third-order valence-corrected chi connectivity index (χ3v) is 5.87. The summed E-state index contributed by atoms with van der Waals surface area (Å²) >= 11 is 0. The van der Waals surface area contributed by atoms with Gasteiger partial charge in [-0.05, 0) is 41.3 Å². The Morgan fingerprint density at radius 3 is 2.58 bits per heavy atom. The molecule has 1 N–H and O–H groups in total. The van der Waals surface area contributed by atoms with Crippen LogP contribution in [0.4, 0.5) is 5.69 Å². The highest BCUT2D eigenvalue weighted by Crippen LogP contribution is 2.50. The van der Waals surface area contributed by atoms with Crippen LogP contribution >= 0.6 is 0 Å². The van der Waals surface area contributed by atoms with Crippen molar-refractivity contribution in [2.24, 2.45) is 0 Å². The van der Waals surface area contributed by atoms with E-state index in [9.17, 15) is 8.42 Å². The van der Waals surface area contributed by atoms with Crippen molar-refractivity contribution in [1.29, 1.82) is 0 Å². The summed E-state index contributed by atoms with van der Waals surface area (Å²) in [7, 11) is -3.91. The van der Waals surface area contributed by atoms with Gasteiger partial charge in [0.05, 0.1) is 5.75 Å². The maximum absolute atomic E-state index is 11.0. The van der Waals surface area contributed by atoms with Crippen molar-refractivity contribution < 1.29 is 13.0 Å². The summed E-state index contributed by atoms with van der Waals surface area (Å²) in [6.45, 7) is 8.99. The summed E-state index contributed by atoms with van der Waals surface area (Å²) < 4.78 is 30.9. The largest absolute Gasteiger partial charge is 0.344 e. The van der Waals surface area contributed by atoms with E-state index >= 15 is 0 Å². The minimum Gasteiger partial charge on any atom is -0.344 e. The van der Waals surface area contributed by atoms with E-state index in [0.29, 0.717) is 19.4 Å². The van der Waals surface area contributed by atoms with Crippen molar-refractivity contribution in [3.63, 3.8) is 0 Å². The van der Waals surface area contributed by atoms with E-state index in [0.717, 1.165) is 11.4 Å². The molecule has 0 saturated heterocycles. The highest BCUT2D eigenvalue weighted by Gasteiger charge is 2.40. The lowest BCUT2D eigenvalue weighted by Crippen LogP contribution is -2.27. The summed E-state index contributed by atoms with van der Waals surface area (Å²) in [4.78, 5) is 2.26. The Bertz CT molecular complexity index is 974. The maximum atomic E-state index is 11.0. The molecule has 3 rings (SSSR count). The summed E-state index contributed by atoms with van der Waals surface area (Å²) in [5.41, 5.74) is 3.44. The van der Waals surface area contributed by atoms with Gasteiger partial charge in [0.15, 0.2) is 0 Å². The van der Waals surface area contributed by atoms with Gasteiger partial charge in [0.25, 0.3) is 10.1 Å². The summed E-state index contributed by atoms with van der Waals surface area (Å²) in [6, 6.07) is 12.7. The lowest BCUT2D eigenvalue weighted by Gasteiger charge is -2.27. The number of rotatable bonds is 6. The van der Waals surface area contributed by atoms with Crippen LogP contribution in [0.3, 0.4) is 0 Å². The highest BCUT2D eigenvalue weighted by molar-refractivity contribution is 7.85. The Labute approximate surface area is 155 Å². The first-order valence-corrected chi connectivity index (χ1v) is 10.4. The van der Waals surface area contributed by atoms with E-state index in [2.05, 4.69) is 55.7 Å². The molecule has 1 heterocycles. The number of benzene rings is 2. The number of allylic oxidation sites excluding steroid dienone is 3. The van der Waals surface area contributed by atoms with E-state index in [-0.39, 0.29) is 11.2 Å². The molecular formula is C21H25NO3S. The molecule has 0 bridgehead atoms. The Kier molecular flexibility index (Phi) is 4.95. The van der Waals surface area contributed by atoms with E-state index in [1.54, 1.807) is 6.08 Å². The maximum Gasteiger partial charge on any atom is 0.264 e. The average Bonchev–Trinajstić information content (AvgIpc) is 2.79. The molecule has 0 spiro atoms. The molecule has 0 aliphatic carbocycles. The standard InChI is InChI=1S/C21H25NO3S/c1-4-9-19-21(2,3)20-17-11-6-5-10-16(17)12-13-18(20)22(19)14-7-8-15-26(23,24)25/h4-6,9-13H,1,7-8,14-15H2,2-3H3,(H,23,24,25)/b19-9+. The zero-order valence-corrected chi connectivity index (χ0v) is 16.1. The van der Waals surface area contributed by atoms with Gasteiger partial charge in [0.2, 0.25) is 0 Å². The lowest BCUT2D eigenvalue weighted by atomic mass is 9.81. The fraction of sp³-hybridized carbons (Fsp3) is 0.333. The predicted octanol–water partition coefficient (Wildman–Crippen LogP) is 4.68. The van der Waals surface area contributed by atoms with Gasteiger partial charge in [-0.2, -0.15) is 8.42 Å². The van der Waals surface area contributed by atoms with Gasteiger partial charge in [-0.25, -0.2) is 0 Å². The Balaban J connectivity index is 2.01. The second-order valence-corrected chi connectivity index (χ2v) is 8.81. The number of hydrogen-bond donors (Lipinski definition) is 1. The number of fused-ring (bicyclic) bond motifs is 3. The van der Waals surface area contributed by atoms with E-state index < -0.39 is 10.1 Å². The van der Waals surface area contributed by atoms with Crippen LogP contribution in [0.25, 0.3) is 10.8 Å². The summed E-state index contributed by atoms with van der Waals surface area (Å²) in [5.74, 6) is -0.199. The van der Waals surface area contributed by atoms with Crippen LogP contribution in [0, 0.1) is 0 Å². The molecular weight excluding hydrogens is 346 g/mol. The van der Waals surface area contributed by atoms with E-state index in [4.69, 9.17) is 4.55 Å². The van der Waals surface area contributed by atoms with Crippen LogP contribution in [0.5, 0.6) is 0 Å². The second kappa shape index (κ2) is 6.89. The smallest absolute Gasteiger partial charge is 0.264 e. The fourth-order valence-electron chi connectivity index (χ4n) is 3.94. The van der Waals surface area contributed by atoms with Crippen LogP contribution in [0.15, 0.2) is 60.8 Å². The summed E-state index contributed by atoms with van der Waals surface area (Å²) in [5, 5.41) is 2.45. The third kappa shape index (κ3) is 3.41. The zero-order chi connectivity index (χ0) is 18.9. The Morgan fingerprint density at radius 2 is 1.88 bits per heavy atom. The van der Waals surface area contributed by atoms with Crippen LogP contribution in [-0.4, -0.2) is 25.3 Å². The van der Waals surface area contributed by atoms with Gasteiger partial charge in [0, 0.05) is 23.3 Å². The molecule has 1 aliphatic heterocycles. The SMILES string of the molecule is C=C/C=C1/N(CCCCS(=O)(=O)O)c2ccc3ccccc3c2C1(C)C. The Morgan fingerprint density at radius 1 is 1.15 bits per heavy atom. The molecule has 0 saturated carbocycles. The van der Waals surface area contributed by atoms with Crippen molar-refractivity contribution in [1.82, 2.24) is 0 Å². The molecule has 5 heteroatoms. The molecule has 0 unspecified atom stereocenters. The monoisotopic (exact) mass is 371 g/mol. The van der Waals surface area contributed by atoms with Crippen molar-refractivity contribution in [3.05, 3.63) is 66.4 Å². The molecule has 0 aromatic heterocycles. The molecule has 4 nitrogen and oxygen atoms in total. The normalized spacial score (nSPS) is 17.7. The first kappa shape index (κ1) is 18.7. The van der Waals surface area contributed by atoms with E-state index in [1.165, 1.54) is 16.3 Å². The molecule has 0 fully saturated rings. The van der Waals surface area contributed by atoms with Crippen LogP contribution < -0.4 is 4.90 Å². The minimum absolute atomic E-state index is 0.173. The zero-order valence-electron chi connectivity index (χ0n) is 15.3. The highest BCUT2D eigenvalue weighted by atomic mass is 32.2. The molecule has 2 aromatic carbocycles. The van der Waals surface area contributed by atoms with Gasteiger partial charge in [-0.1, -0.05) is 56.8 Å². The number of anilines is 1. The van der Waals surface area contributed by atoms with Gasteiger partial charge in [-0.15, -0.1) is 0 Å². The topological polar surface area (TPSA) is 57.6 Å². The van der Waals surface area contributed by atoms with Gasteiger partial charge >= 0.3 is 0 Å². The molecule has 138 valence electrons. The molecule has 26 heavy (non-hydrogen) atoms. The molecule has 0 amide bonds. The minimum atomic E-state index is -3.91. The first-order valence-electron chi connectivity index (χ1n) is 8.84. The average molecular weight is 372 g/mol. The van der Waals surface area contributed by atoms with Gasteiger partial charge in [-0.3, -0.25) is 4.55 Å². The number of nitrogens with zero attached hydrogens (tertiary/aromatic N) is 1. The van der Waals surface area contributed by atoms with Crippen LogP contribution in [0.2, 0.25) is 0 Å². The second-order valence-electron chi connectivity index (χ2n) is 7.24. The molecule has 0 atom stereocenters. The Hall–Kier alpha value is -2.11. The molecule has 2 aromatic rings. The number of unbranched alkanes of at least 4 members (excludes halogenated alkanes) is 1. The van der Waals surface area contributed by atoms with Crippen molar-refractivity contribution in [2.75, 3.05) is 17.2 Å². The van der Waals surface area contributed by atoms with Crippen molar-refractivity contribution >= 4 is 26.6 Å². The van der Waals surface area contributed by atoms with Gasteiger partial charge in [0.1, 0.15) is 0 Å². The predicted molar refractivity (Wildman–Crippen MR) is 108 cm³/mol. The third-order valence-electron chi connectivity index (χ3n) is 5.06. The lowest BCUT2D eigenvalue weighted by molar-refractivity contribution is 0.480. The first-order chi connectivity index (χ1) is 12.3. The molecule has 1 aliphatic rings. The van der Waals surface area contributed by atoms with E-state index in [1.807, 2.05) is 12.1 Å². The van der Waals surface area contributed by atoms with Crippen LogP contribution in [-0.2, 0) is 15.5 Å². The summed E-state index contributed by atoms with van der Waals surface area (Å²) in [6.07, 6.45) is 4.95. The van der Waals surface area contributed by atoms with Gasteiger partial charge < -0.3 is 4.90 Å². The van der Waals surface area contributed by atoms with Crippen molar-refractivity contribution in [3.8, 4) is 0 Å². The molecule has 0 radical (unpaired) electrons.